The van der Waals surface area contributed by atoms with Crippen LogP contribution < -0.4 is 10.6 Å². The lowest BCUT2D eigenvalue weighted by atomic mass is 10.00. The second-order valence-corrected chi connectivity index (χ2v) is 7.33. The summed E-state index contributed by atoms with van der Waals surface area (Å²) in [6, 6.07) is 3.77. The third-order valence-corrected chi connectivity index (χ3v) is 6.01. The zero-order valence-corrected chi connectivity index (χ0v) is 11.9. The number of thiophene rings is 1. The Balaban J connectivity index is 1.43. The van der Waals surface area contributed by atoms with Gasteiger partial charge in [-0.05, 0) is 56.6 Å². The van der Waals surface area contributed by atoms with Gasteiger partial charge < -0.3 is 10.6 Å². The summed E-state index contributed by atoms with van der Waals surface area (Å²) < 4.78 is 0. The lowest BCUT2D eigenvalue weighted by molar-refractivity contribution is 0.0928. The summed E-state index contributed by atoms with van der Waals surface area (Å²) in [6.45, 7) is 0. The van der Waals surface area contributed by atoms with E-state index in [1.807, 2.05) is 0 Å². The maximum atomic E-state index is 12.3. The van der Waals surface area contributed by atoms with Crippen molar-refractivity contribution >= 4 is 17.2 Å². The Kier molecular flexibility index (Phi) is 2.88. The molecular formula is C15H20N2OS. The van der Waals surface area contributed by atoms with Crippen molar-refractivity contribution in [2.24, 2.45) is 0 Å². The normalized spacial score (nSPS) is 32.3. The number of amides is 1. The van der Waals surface area contributed by atoms with Crippen LogP contribution in [0.4, 0.5) is 0 Å². The van der Waals surface area contributed by atoms with E-state index in [-0.39, 0.29) is 5.91 Å². The van der Waals surface area contributed by atoms with Crippen LogP contribution in [0.1, 0.15) is 52.2 Å². The first kappa shape index (κ1) is 11.9. The van der Waals surface area contributed by atoms with E-state index < -0.39 is 0 Å². The predicted molar refractivity (Wildman–Crippen MR) is 76.8 cm³/mol. The fraction of sp³-hybridized carbons (Fsp3) is 0.667. The average molecular weight is 276 g/mol. The third kappa shape index (κ3) is 2.21. The molecule has 2 bridgehead atoms. The molecule has 2 fully saturated rings. The van der Waals surface area contributed by atoms with Gasteiger partial charge in [-0.2, -0.15) is 0 Å². The first-order chi connectivity index (χ1) is 9.28. The van der Waals surface area contributed by atoms with Crippen molar-refractivity contribution in [3.05, 3.63) is 21.4 Å². The molecule has 3 aliphatic rings. The molecule has 2 N–H and O–H groups in total. The summed E-state index contributed by atoms with van der Waals surface area (Å²) in [5.74, 6) is 0.158. The van der Waals surface area contributed by atoms with Crippen molar-refractivity contribution in [2.45, 2.75) is 63.1 Å². The van der Waals surface area contributed by atoms with Gasteiger partial charge in [0, 0.05) is 23.0 Å². The van der Waals surface area contributed by atoms with E-state index >= 15 is 0 Å². The maximum Gasteiger partial charge on any atom is 0.261 e. The Hall–Kier alpha value is -0.870. The van der Waals surface area contributed by atoms with E-state index in [2.05, 4.69) is 16.7 Å². The number of carbonyl (C=O) groups is 1. The van der Waals surface area contributed by atoms with Crippen molar-refractivity contribution in [3.63, 3.8) is 0 Å². The number of nitrogens with one attached hydrogen (secondary N) is 2. The largest absolute Gasteiger partial charge is 0.348 e. The van der Waals surface area contributed by atoms with Crippen LogP contribution in [-0.2, 0) is 12.8 Å². The number of aryl methyl sites for hydroxylation is 2. The second kappa shape index (κ2) is 4.60. The van der Waals surface area contributed by atoms with E-state index in [4.69, 9.17) is 0 Å². The summed E-state index contributed by atoms with van der Waals surface area (Å²) in [7, 11) is 0. The average Bonchev–Trinajstić information content (AvgIpc) is 3.03. The summed E-state index contributed by atoms with van der Waals surface area (Å²) in [6.07, 6.45) is 8.37. The van der Waals surface area contributed by atoms with E-state index in [1.165, 1.54) is 36.1 Å². The predicted octanol–water partition coefficient (Wildman–Crippen LogP) is 2.25. The summed E-state index contributed by atoms with van der Waals surface area (Å²) in [5, 5.41) is 6.87. The molecule has 3 nitrogen and oxygen atoms in total. The Bertz CT molecular complexity index is 477. The highest BCUT2D eigenvalue weighted by Gasteiger charge is 2.34. The second-order valence-electron chi connectivity index (χ2n) is 6.19. The Morgan fingerprint density at radius 2 is 2.05 bits per heavy atom. The SMILES string of the molecule is O=C(NC1CC2CCC(C1)N2)c1cc2c(s1)CCC2. The van der Waals surface area contributed by atoms with Crippen LogP contribution in [0.25, 0.3) is 0 Å². The molecule has 19 heavy (non-hydrogen) atoms. The highest BCUT2D eigenvalue weighted by atomic mass is 32.1. The van der Waals surface area contributed by atoms with Crippen LogP contribution in [0.15, 0.2) is 6.07 Å². The molecule has 2 saturated heterocycles. The molecule has 1 aromatic rings. The quantitative estimate of drug-likeness (QED) is 0.870. The monoisotopic (exact) mass is 276 g/mol. The molecule has 0 aromatic carbocycles. The fourth-order valence-electron chi connectivity index (χ4n) is 3.87. The number of hydrogen-bond donors (Lipinski definition) is 2. The van der Waals surface area contributed by atoms with Crippen LogP contribution in [0.5, 0.6) is 0 Å². The molecule has 0 saturated carbocycles. The van der Waals surface area contributed by atoms with Crippen LogP contribution in [0.3, 0.4) is 0 Å². The van der Waals surface area contributed by atoms with E-state index in [0.29, 0.717) is 18.1 Å². The summed E-state index contributed by atoms with van der Waals surface area (Å²) in [5.41, 5.74) is 1.42. The number of piperidine rings is 1. The molecular weight excluding hydrogens is 256 g/mol. The van der Waals surface area contributed by atoms with Crippen LogP contribution in [0, 0.1) is 0 Å². The van der Waals surface area contributed by atoms with Gasteiger partial charge in [0.05, 0.1) is 4.88 Å². The standard InChI is InChI=1S/C15H20N2OS/c18-15(14-6-9-2-1-3-13(9)19-14)17-12-7-10-4-5-11(8-12)16-10/h6,10-12,16H,1-5,7-8H2,(H,17,18). The smallest absolute Gasteiger partial charge is 0.261 e. The zero-order chi connectivity index (χ0) is 12.8. The van der Waals surface area contributed by atoms with Gasteiger partial charge in [-0.1, -0.05) is 0 Å². The lowest BCUT2D eigenvalue weighted by Crippen LogP contribution is -2.47. The van der Waals surface area contributed by atoms with Gasteiger partial charge in [0.2, 0.25) is 0 Å². The minimum Gasteiger partial charge on any atom is -0.348 e. The molecule has 3 heterocycles. The molecule has 4 rings (SSSR count). The van der Waals surface area contributed by atoms with Gasteiger partial charge >= 0.3 is 0 Å². The van der Waals surface area contributed by atoms with E-state index in [9.17, 15) is 4.79 Å². The van der Waals surface area contributed by atoms with Crippen molar-refractivity contribution < 1.29 is 4.79 Å². The summed E-state index contributed by atoms with van der Waals surface area (Å²) in [4.78, 5) is 14.7. The highest BCUT2D eigenvalue weighted by molar-refractivity contribution is 7.14. The third-order valence-electron chi connectivity index (χ3n) is 4.78. The van der Waals surface area contributed by atoms with Crippen molar-refractivity contribution in [1.82, 2.24) is 10.6 Å². The molecule has 0 radical (unpaired) electrons. The van der Waals surface area contributed by atoms with Gasteiger partial charge in [-0.25, -0.2) is 0 Å². The molecule has 1 amide bonds. The fourth-order valence-corrected chi connectivity index (χ4v) is 5.03. The Morgan fingerprint density at radius 3 is 2.79 bits per heavy atom. The zero-order valence-electron chi connectivity index (χ0n) is 11.1. The summed E-state index contributed by atoms with van der Waals surface area (Å²) >= 11 is 1.71. The molecule has 2 unspecified atom stereocenters. The molecule has 1 aromatic heterocycles. The molecule has 4 heteroatoms. The molecule has 102 valence electrons. The maximum absolute atomic E-state index is 12.3. The van der Waals surface area contributed by atoms with Gasteiger partial charge in [0.25, 0.3) is 5.91 Å². The number of hydrogen-bond acceptors (Lipinski definition) is 3. The van der Waals surface area contributed by atoms with E-state index in [0.717, 1.165) is 24.1 Å². The highest BCUT2D eigenvalue weighted by Crippen LogP contribution is 2.31. The van der Waals surface area contributed by atoms with Gasteiger partial charge in [-0.3, -0.25) is 4.79 Å². The first-order valence-corrected chi connectivity index (χ1v) is 8.28. The van der Waals surface area contributed by atoms with Gasteiger partial charge in [-0.15, -0.1) is 11.3 Å². The first-order valence-electron chi connectivity index (χ1n) is 7.46. The van der Waals surface area contributed by atoms with Gasteiger partial charge in [0.15, 0.2) is 0 Å². The minimum atomic E-state index is 0.158. The molecule has 2 atom stereocenters. The van der Waals surface area contributed by atoms with E-state index in [1.54, 1.807) is 11.3 Å². The van der Waals surface area contributed by atoms with Gasteiger partial charge in [0.1, 0.15) is 0 Å². The molecule has 2 aliphatic heterocycles. The Morgan fingerprint density at radius 1 is 1.26 bits per heavy atom. The minimum absolute atomic E-state index is 0.158. The van der Waals surface area contributed by atoms with Crippen molar-refractivity contribution in [1.29, 1.82) is 0 Å². The number of rotatable bonds is 2. The van der Waals surface area contributed by atoms with Crippen LogP contribution in [-0.4, -0.2) is 24.0 Å². The molecule has 1 aliphatic carbocycles. The Labute approximate surface area is 117 Å². The van der Waals surface area contributed by atoms with Crippen molar-refractivity contribution in [2.75, 3.05) is 0 Å². The van der Waals surface area contributed by atoms with Crippen molar-refractivity contribution in [3.8, 4) is 0 Å². The van der Waals surface area contributed by atoms with Crippen LogP contribution in [0.2, 0.25) is 0 Å². The lowest BCUT2D eigenvalue weighted by Gasteiger charge is -2.29. The van der Waals surface area contributed by atoms with Crippen LogP contribution >= 0.6 is 11.3 Å². The number of fused-ring (bicyclic) bond motifs is 3. The molecule has 0 spiro atoms. The topological polar surface area (TPSA) is 41.1 Å². The number of carbonyl (C=O) groups excluding carboxylic acids is 1.